The standard InChI is InChI=1S/C23H19N2O5P/c1-30-23(26)16-11-15-13-20(24)21(9-10-31(27,28)29)25-22(15)19(12-16)18-8-4-6-14-5-2-3-7-17(14)18/h2-13H,24H2,1H3,(H2,27,28,29)/b10-9+. The summed E-state index contributed by atoms with van der Waals surface area (Å²) in [6.45, 7) is 0. The van der Waals surface area contributed by atoms with E-state index in [-0.39, 0.29) is 11.4 Å². The average Bonchev–Trinajstić information content (AvgIpc) is 2.75. The van der Waals surface area contributed by atoms with Gasteiger partial charge in [-0.1, -0.05) is 42.5 Å². The van der Waals surface area contributed by atoms with E-state index in [2.05, 4.69) is 4.98 Å². The summed E-state index contributed by atoms with van der Waals surface area (Å²) in [6.07, 6.45) is 1.21. The van der Waals surface area contributed by atoms with Crippen molar-refractivity contribution in [2.45, 2.75) is 0 Å². The van der Waals surface area contributed by atoms with Crippen molar-refractivity contribution in [3.8, 4) is 11.1 Å². The Morgan fingerprint density at radius 3 is 2.52 bits per heavy atom. The number of carbonyl (C=O) groups is 1. The molecule has 0 radical (unpaired) electrons. The first-order chi connectivity index (χ1) is 14.8. The number of anilines is 1. The molecule has 31 heavy (non-hydrogen) atoms. The second kappa shape index (κ2) is 7.96. The van der Waals surface area contributed by atoms with E-state index in [1.54, 1.807) is 18.2 Å². The molecule has 0 amide bonds. The first kappa shape index (κ1) is 20.8. The molecular weight excluding hydrogens is 415 g/mol. The highest BCUT2D eigenvalue weighted by Gasteiger charge is 2.16. The molecule has 156 valence electrons. The van der Waals surface area contributed by atoms with Gasteiger partial charge in [-0.3, -0.25) is 4.57 Å². The normalized spacial score (nSPS) is 12.0. The van der Waals surface area contributed by atoms with Crippen molar-refractivity contribution in [2.24, 2.45) is 0 Å². The van der Waals surface area contributed by atoms with Gasteiger partial charge in [0.05, 0.1) is 29.6 Å². The molecular formula is C23H19N2O5P. The van der Waals surface area contributed by atoms with Crippen LogP contribution in [0.5, 0.6) is 0 Å². The fraction of sp³-hybridized carbons (Fsp3) is 0.0435. The number of nitrogens with two attached hydrogens (primary N) is 1. The summed E-state index contributed by atoms with van der Waals surface area (Å²) in [7, 11) is -3.06. The first-order valence-corrected chi connectivity index (χ1v) is 11.0. The van der Waals surface area contributed by atoms with E-state index >= 15 is 0 Å². The predicted molar refractivity (Wildman–Crippen MR) is 122 cm³/mol. The summed E-state index contributed by atoms with van der Waals surface area (Å²) < 4.78 is 16.2. The number of hydrogen-bond donors (Lipinski definition) is 3. The summed E-state index contributed by atoms with van der Waals surface area (Å²) >= 11 is 0. The number of pyridine rings is 1. The molecule has 8 heteroatoms. The number of fused-ring (bicyclic) bond motifs is 2. The zero-order valence-electron chi connectivity index (χ0n) is 16.5. The summed E-state index contributed by atoms with van der Waals surface area (Å²) in [4.78, 5) is 35.2. The number of benzene rings is 3. The second-order valence-corrected chi connectivity index (χ2v) is 8.46. The van der Waals surface area contributed by atoms with Crippen LogP contribution in [0.25, 0.3) is 38.9 Å². The molecule has 0 aliphatic rings. The Hall–Kier alpha value is -3.51. The van der Waals surface area contributed by atoms with Crippen LogP contribution in [0, 0.1) is 0 Å². The predicted octanol–water partition coefficient (Wildman–Crippen LogP) is 4.57. The van der Waals surface area contributed by atoms with Crippen molar-refractivity contribution in [1.82, 2.24) is 4.98 Å². The lowest BCUT2D eigenvalue weighted by atomic mass is 9.94. The number of aromatic nitrogens is 1. The molecule has 0 atom stereocenters. The van der Waals surface area contributed by atoms with Crippen molar-refractivity contribution >= 4 is 47.0 Å². The zero-order chi connectivity index (χ0) is 22.2. The van der Waals surface area contributed by atoms with Crippen molar-refractivity contribution in [3.63, 3.8) is 0 Å². The highest BCUT2D eigenvalue weighted by atomic mass is 31.2. The SMILES string of the molecule is COC(=O)c1cc(-c2cccc3ccccc23)c2nc(/C=C/P(=O)(O)O)c(N)cc2c1. The molecule has 0 unspecified atom stereocenters. The molecule has 0 aliphatic carbocycles. The van der Waals surface area contributed by atoms with Gasteiger partial charge in [0.1, 0.15) is 0 Å². The van der Waals surface area contributed by atoms with Gasteiger partial charge in [0.15, 0.2) is 0 Å². The van der Waals surface area contributed by atoms with Crippen molar-refractivity contribution < 1.29 is 23.9 Å². The van der Waals surface area contributed by atoms with E-state index in [1.165, 1.54) is 13.2 Å². The van der Waals surface area contributed by atoms with Gasteiger partial charge in [-0.05, 0) is 40.6 Å². The monoisotopic (exact) mass is 434 g/mol. The molecule has 4 rings (SSSR count). The van der Waals surface area contributed by atoms with Crippen LogP contribution in [0.4, 0.5) is 5.69 Å². The maximum atomic E-state index is 12.3. The Kier molecular flexibility index (Phi) is 5.33. The Morgan fingerprint density at radius 2 is 1.77 bits per heavy atom. The Balaban J connectivity index is 2.06. The maximum Gasteiger partial charge on any atom is 0.349 e. The molecule has 1 aromatic heterocycles. The summed E-state index contributed by atoms with van der Waals surface area (Å²) in [5.74, 6) is 0.269. The van der Waals surface area contributed by atoms with Gasteiger partial charge >= 0.3 is 13.6 Å². The third-order valence-electron chi connectivity index (χ3n) is 4.91. The molecule has 0 spiro atoms. The number of carbonyl (C=O) groups excluding carboxylic acids is 1. The summed E-state index contributed by atoms with van der Waals surface area (Å²) in [5.41, 5.74) is 8.95. The minimum absolute atomic E-state index is 0.225. The highest BCUT2D eigenvalue weighted by Crippen LogP contribution is 2.38. The van der Waals surface area contributed by atoms with E-state index in [4.69, 9.17) is 20.3 Å². The van der Waals surface area contributed by atoms with E-state index in [9.17, 15) is 9.36 Å². The van der Waals surface area contributed by atoms with Crippen LogP contribution in [0.2, 0.25) is 0 Å². The van der Waals surface area contributed by atoms with Gasteiger partial charge in [-0.2, -0.15) is 0 Å². The minimum atomic E-state index is -4.38. The van der Waals surface area contributed by atoms with Crippen LogP contribution < -0.4 is 5.73 Å². The molecule has 4 aromatic rings. The lowest BCUT2D eigenvalue weighted by molar-refractivity contribution is 0.0601. The molecule has 0 saturated carbocycles. The molecule has 0 bridgehead atoms. The van der Waals surface area contributed by atoms with Gasteiger partial charge < -0.3 is 20.3 Å². The van der Waals surface area contributed by atoms with E-state index in [1.807, 2.05) is 42.5 Å². The van der Waals surface area contributed by atoms with Crippen molar-refractivity contribution in [1.29, 1.82) is 0 Å². The van der Waals surface area contributed by atoms with Crippen LogP contribution in [0.3, 0.4) is 0 Å². The largest absolute Gasteiger partial charge is 0.465 e. The molecule has 7 nitrogen and oxygen atoms in total. The number of rotatable bonds is 4. The van der Waals surface area contributed by atoms with Gasteiger partial charge in [-0.25, -0.2) is 9.78 Å². The lowest BCUT2D eigenvalue weighted by Crippen LogP contribution is -2.03. The van der Waals surface area contributed by atoms with E-state index < -0.39 is 13.6 Å². The number of esters is 1. The number of ether oxygens (including phenoxy) is 1. The molecule has 0 saturated heterocycles. The fourth-order valence-corrected chi connectivity index (χ4v) is 3.86. The second-order valence-electron chi connectivity index (χ2n) is 6.98. The number of methoxy groups -OCH3 is 1. The molecule has 1 heterocycles. The fourth-order valence-electron chi connectivity index (χ4n) is 3.52. The van der Waals surface area contributed by atoms with E-state index in [0.717, 1.165) is 22.2 Å². The first-order valence-electron chi connectivity index (χ1n) is 9.32. The van der Waals surface area contributed by atoms with E-state index in [0.29, 0.717) is 22.0 Å². The average molecular weight is 434 g/mol. The van der Waals surface area contributed by atoms with Gasteiger partial charge in [0, 0.05) is 16.8 Å². The zero-order valence-corrected chi connectivity index (χ0v) is 17.4. The lowest BCUT2D eigenvalue weighted by Gasteiger charge is -2.13. The van der Waals surface area contributed by atoms with Crippen molar-refractivity contribution in [3.05, 3.63) is 77.7 Å². The number of nitrogen functional groups attached to an aromatic ring is 1. The van der Waals surface area contributed by atoms with Gasteiger partial charge in [0.2, 0.25) is 0 Å². The Labute approximate surface area is 178 Å². The van der Waals surface area contributed by atoms with Crippen LogP contribution in [0.15, 0.2) is 66.5 Å². The van der Waals surface area contributed by atoms with Gasteiger partial charge in [0.25, 0.3) is 0 Å². The third kappa shape index (κ3) is 4.20. The molecule has 4 N–H and O–H groups in total. The molecule has 0 fully saturated rings. The molecule has 3 aromatic carbocycles. The van der Waals surface area contributed by atoms with Crippen LogP contribution in [-0.2, 0) is 9.30 Å². The van der Waals surface area contributed by atoms with Crippen LogP contribution in [-0.4, -0.2) is 27.8 Å². The smallest absolute Gasteiger partial charge is 0.349 e. The van der Waals surface area contributed by atoms with Crippen LogP contribution in [0.1, 0.15) is 16.1 Å². The summed E-state index contributed by atoms with van der Waals surface area (Å²) in [5, 5.41) is 2.60. The minimum Gasteiger partial charge on any atom is -0.465 e. The van der Waals surface area contributed by atoms with Crippen molar-refractivity contribution in [2.75, 3.05) is 12.8 Å². The summed E-state index contributed by atoms with van der Waals surface area (Å²) in [6, 6.07) is 18.6. The number of nitrogens with zero attached hydrogens (tertiary/aromatic N) is 1. The van der Waals surface area contributed by atoms with Gasteiger partial charge in [-0.15, -0.1) is 0 Å². The Bertz CT molecular complexity index is 1400. The highest BCUT2D eigenvalue weighted by molar-refractivity contribution is 7.55. The molecule has 0 aliphatic heterocycles. The Morgan fingerprint density at radius 1 is 1.03 bits per heavy atom. The topological polar surface area (TPSA) is 123 Å². The quantitative estimate of drug-likeness (QED) is 0.318. The van der Waals surface area contributed by atoms with Crippen LogP contribution >= 0.6 is 7.60 Å². The third-order valence-corrected chi connectivity index (χ3v) is 5.44. The maximum absolute atomic E-state index is 12.3. The number of hydrogen-bond acceptors (Lipinski definition) is 5.